The number of nitrogens with one attached hydrogen (secondary N) is 1. The van der Waals surface area contributed by atoms with Crippen molar-refractivity contribution in [2.24, 2.45) is 5.73 Å². The van der Waals surface area contributed by atoms with E-state index in [1.807, 2.05) is 25.1 Å². The van der Waals surface area contributed by atoms with Gasteiger partial charge in [-0.1, -0.05) is 18.2 Å². The number of esters is 1. The molecule has 1 heterocycles. The van der Waals surface area contributed by atoms with Gasteiger partial charge in [0.25, 0.3) is 0 Å². The fourth-order valence-corrected chi connectivity index (χ4v) is 1.88. The van der Waals surface area contributed by atoms with Gasteiger partial charge in [-0.25, -0.2) is 4.79 Å². The molecule has 1 atom stereocenters. The molecule has 1 aromatic heterocycles. The van der Waals surface area contributed by atoms with Crippen LogP contribution in [-0.4, -0.2) is 17.6 Å². The smallest absolute Gasteiger partial charge is 0.354 e. The second kappa shape index (κ2) is 4.59. The zero-order chi connectivity index (χ0) is 12.4. The van der Waals surface area contributed by atoms with E-state index in [2.05, 4.69) is 4.98 Å². The number of nitrogens with two attached hydrogens (primary N) is 1. The Labute approximate surface area is 99.8 Å². The fraction of sp³-hybridized carbons (Fsp3) is 0.308. The maximum Gasteiger partial charge on any atom is 0.354 e. The molecule has 0 saturated carbocycles. The Bertz CT molecular complexity index is 543. The highest BCUT2D eigenvalue weighted by Gasteiger charge is 2.13. The standard InChI is InChI=1S/C13H16N2O2/c1-3-17-13(16)11-7-9-5-4-6-10(8(2)14)12(9)15-11/h4-8,15H,3,14H2,1-2H3. The molecular formula is C13H16N2O2. The highest BCUT2D eigenvalue weighted by molar-refractivity contribution is 5.95. The molecule has 0 aliphatic rings. The number of ether oxygens (including phenoxy) is 1. The average Bonchev–Trinajstić information content (AvgIpc) is 2.72. The molecule has 4 nitrogen and oxygen atoms in total. The van der Waals surface area contributed by atoms with Crippen molar-refractivity contribution in [1.29, 1.82) is 0 Å². The maximum absolute atomic E-state index is 11.6. The Balaban J connectivity index is 2.50. The average molecular weight is 232 g/mol. The number of carbonyl (C=O) groups excluding carboxylic acids is 1. The van der Waals surface area contributed by atoms with Crippen LogP contribution in [0.4, 0.5) is 0 Å². The van der Waals surface area contributed by atoms with Crippen molar-refractivity contribution in [2.75, 3.05) is 6.61 Å². The summed E-state index contributed by atoms with van der Waals surface area (Å²) in [5.74, 6) is -0.334. The predicted molar refractivity (Wildman–Crippen MR) is 66.9 cm³/mol. The molecule has 0 aliphatic carbocycles. The van der Waals surface area contributed by atoms with Gasteiger partial charge >= 0.3 is 5.97 Å². The number of hydrogen-bond acceptors (Lipinski definition) is 3. The number of para-hydroxylation sites is 1. The van der Waals surface area contributed by atoms with Crippen LogP contribution >= 0.6 is 0 Å². The van der Waals surface area contributed by atoms with Crippen molar-refractivity contribution in [3.63, 3.8) is 0 Å². The van der Waals surface area contributed by atoms with E-state index in [9.17, 15) is 4.79 Å². The number of fused-ring (bicyclic) bond motifs is 1. The van der Waals surface area contributed by atoms with E-state index < -0.39 is 0 Å². The number of carbonyl (C=O) groups is 1. The Morgan fingerprint density at radius 3 is 2.94 bits per heavy atom. The van der Waals surface area contributed by atoms with Crippen LogP contribution < -0.4 is 5.73 Å². The lowest BCUT2D eigenvalue weighted by atomic mass is 10.1. The summed E-state index contributed by atoms with van der Waals surface area (Å²) in [5, 5.41) is 0.975. The first-order chi connectivity index (χ1) is 8.13. The van der Waals surface area contributed by atoms with E-state index in [0.717, 1.165) is 16.5 Å². The van der Waals surface area contributed by atoms with Crippen molar-refractivity contribution in [3.8, 4) is 0 Å². The number of H-pyrrole nitrogens is 1. The number of aromatic nitrogens is 1. The molecule has 4 heteroatoms. The van der Waals surface area contributed by atoms with E-state index in [1.165, 1.54) is 0 Å². The quantitative estimate of drug-likeness (QED) is 0.798. The van der Waals surface area contributed by atoms with E-state index in [4.69, 9.17) is 10.5 Å². The summed E-state index contributed by atoms with van der Waals surface area (Å²) >= 11 is 0. The summed E-state index contributed by atoms with van der Waals surface area (Å²) in [7, 11) is 0. The summed E-state index contributed by atoms with van der Waals surface area (Å²) in [6.07, 6.45) is 0. The maximum atomic E-state index is 11.6. The van der Waals surface area contributed by atoms with Gasteiger partial charge in [-0.05, 0) is 25.5 Å². The van der Waals surface area contributed by atoms with Crippen LogP contribution in [0.2, 0.25) is 0 Å². The van der Waals surface area contributed by atoms with Crippen molar-refractivity contribution >= 4 is 16.9 Å². The van der Waals surface area contributed by atoms with Gasteiger partial charge < -0.3 is 15.5 Å². The van der Waals surface area contributed by atoms with Crippen molar-refractivity contribution < 1.29 is 9.53 Å². The van der Waals surface area contributed by atoms with Gasteiger partial charge in [0.1, 0.15) is 5.69 Å². The highest BCUT2D eigenvalue weighted by atomic mass is 16.5. The lowest BCUT2D eigenvalue weighted by molar-refractivity contribution is 0.0520. The number of aromatic amines is 1. The zero-order valence-corrected chi connectivity index (χ0v) is 9.99. The number of hydrogen-bond donors (Lipinski definition) is 2. The van der Waals surface area contributed by atoms with E-state index in [1.54, 1.807) is 13.0 Å². The Kier molecular flexibility index (Phi) is 3.15. The van der Waals surface area contributed by atoms with E-state index >= 15 is 0 Å². The summed E-state index contributed by atoms with van der Waals surface area (Å²) < 4.78 is 4.96. The third kappa shape index (κ3) is 2.17. The largest absolute Gasteiger partial charge is 0.461 e. The van der Waals surface area contributed by atoms with E-state index in [0.29, 0.717) is 12.3 Å². The van der Waals surface area contributed by atoms with Gasteiger partial charge in [-0.3, -0.25) is 0 Å². The van der Waals surface area contributed by atoms with Gasteiger partial charge in [-0.15, -0.1) is 0 Å². The van der Waals surface area contributed by atoms with Crippen LogP contribution in [0.5, 0.6) is 0 Å². The van der Waals surface area contributed by atoms with Crippen LogP contribution in [0.3, 0.4) is 0 Å². The summed E-state index contributed by atoms with van der Waals surface area (Å²) in [6.45, 7) is 4.07. The molecule has 90 valence electrons. The van der Waals surface area contributed by atoms with Crippen LogP contribution in [0.1, 0.15) is 35.9 Å². The lowest BCUT2D eigenvalue weighted by Gasteiger charge is -2.06. The van der Waals surface area contributed by atoms with Gasteiger partial charge in [0.05, 0.1) is 12.1 Å². The highest BCUT2D eigenvalue weighted by Crippen LogP contribution is 2.23. The first-order valence-corrected chi connectivity index (χ1v) is 5.67. The lowest BCUT2D eigenvalue weighted by Crippen LogP contribution is -2.06. The SMILES string of the molecule is CCOC(=O)c1cc2cccc(C(C)N)c2[nH]1. The first kappa shape index (κ1) is 11.7. The zero-order valence-electron chi connectivity index (χ0n) is 9.99. The number of benzene rings is 1. The molecule has 0 bridgehead atoms. The second-order valence-electron chi connectivity index (χ2n) is 4.00. The Morgan fingerprint density at radius 1 is 1.53 bits per heavy atom. The molecule has 0 fully saturated rings. The topological polar surface area (TPSA) is 68.1 Å². The predicted octanol–water partition coefficient (Wildman–Crippen LogP) is 2.36. The normalized spacial score (nSPS) is 12.6. The number of rotatable bonds is 3. The second-order valence-corrected chi connectivity index (χ2v) is 4.00. The van der Waals surface area contributed by atoms with Crippen molar-refractivity contribution in [3.05, 3.63) is 35.5 Å². The van der Waals surface area contributed by atoms with Crippen LogP contribution in [0.25, 0.3) is 10.9 Å². The van der Waals surface area contributed by atoms with Crippen LogP contribution in [0, 0.1) is 0 Å². The minimum Gasteiger partial charge on any atom is -0.461 e. The first-order valence-electron chi connectivity index (χ1n) is 5.67. The van der Waals surface area contributed by atoms with Gasteiger partial charge in [0.2, 0.25) is 0 Å². The molecule has 1 unspecified atom stereocenters. The van der Waals surface area contributed by atoms with Crippen molar-refractivity contribution in [1.82, 2.24) is 4.98 Å². The monoisotopic (exact) mass is 232 g/mol. The minimum absolute atomic E-state index is 0.0765. The molecular weight excluding hydrogens is 216 g/mol. The summed E-state index contributed by atoms with van der Waals surface area (Å²) in [5.41, 5.74) is 8.26. The molecule has 3 N–H and O–H groups in total. The minimum atomic E-state index is -0.334. The summed E-state index contributed by atoms with van der Waals surface area (Å²) in [4.78, 5) is 14.7. The Morgan fingerprint density at radius 2 is 2.29 bits per heavy atom. The van der Waals surface area contributed by atoms with E-state index in [-0.39, 0.29) is 12.0 Å². The molecule has 0 aliphatic heterocycles. The third-order valence-corrected chi connectivity index (χ3v) is 2.67. The van der Waals surface area contributed by atoms with Crippen molar-refractivity contribution in [2.45, 2.75) is 19.9 Å². The molecule has 0 spiro atoms. The molecule has 2 rings (SSSR count). The Hall–Kier alpha value is -1.81. The molecule has 0 amide bonds. The fourth-order valence-electron chi connectivity index (χ4n) is 1.88. The third-order valence-electron chi connectivity index (χ3n) is 2.67. The van der Waals surface area contributed by atoms with Crippen LogP contribution in [-0.2, 0) is 4.74 Å². The van der Waals surface area contributed by atoms with Gasteiger partial charge in [0.15, 0.2) is 0 Å². The summed E-state index contributed by atoms with van der Waals surface area (Å²) in [6, 6.07) is 7.55. The molecule has 0 saturated heterocycles. The van der Waals surface area contributed by atoms with Gasteiger partial charge in [-0.2, -0.15) is 0 Å². The molecule has 17 heavy (non-hydrogen) atoms. The van der Waals surface area contributed by atoms with Crippen LogP contribution in [0.15, 0.2) is 24.3 Å². The molecule has 0 radical (unpaired) electrons. The van der Waals surface area contributed by atoms with Gasteiger partial charge in [0, 0.05) is 11.4 Å². The molecule has 1 aromatic carbocycles. The molecule has 2 aromatic rings.